The highest BCUT2D eigenvalue weighted by Crippen LogP contribution is 2.43. The van der Waals surface area contributed by atoms with Crippen LogP contribution >= 0.6 is 0 Å². The smallest absolute Gasteiger partial charge is 0.141 e. The van der Waals surface area contributed by atoms with Crippen LogP contribution in [-0.4, -0.2) is 9.97 Å². The van der Waals surface area contributed by atoms with Crippen LogP contribution in [0.15, 0.2) is 42.7 Å². The van der Waals surface area contributed by atoms with Gasteiger partial charge in [-0.25, -0.2) is 9.97 Å². The average molecular weight is 355 g/mol. The van der Waals surface area contributed by atoms with Gasteiger partial charge in [0.2, 0.25) is 0 Å². The molecule has 3 heterocycles. The number of fused-ring (bicyclic) bond motifs is 3. The first-order valence-corrected chi connectivity index (χ1v) is 10.0. The van der Waals surface area contributed by atoms with E-state index >= 15 is 0 Å². The van der Waals surface area contributed by atoms with Gasteiger partial charge in [0.05, 0.1) is 5.69 Å². The summed E-state index contributed by atoms with van der Waals surface area (Å²) in [6, 6.07) is 11.3. The van der Waals surface area contributed by atoms with Crippen LogP contribution in [0.25, 0.3) is 0 Å². The zero-order valence-corrected chi connectivity index (χ0v) is 16.1. The predicted octanol–water partition coefficient (Wildman–Crippen LogP) is 5.54. The molecule has 0 fully saturated rings. The Balaban J connectivity index is 1.78. The molecule has 0 atom stereocenters. The Kier molecular flexibility index (Phi) is 3.96. The molecule has 0 unspecified atom stereocenters. The molecule has 3 heteroatoms. The number of nitrogens with zero attached hydrogens (tertiary/aromatic N) is 3. The molecule has 0 saturated carbocycles. The minimum absolute atomic E-state index is 1.01. The Morgan fingerprint density at radius 1 is 0.741 bits per heavy atom. The number of hydrogen-bond donors (Lipinski definition) is 0. The molecule has 3 nitrogen and oxygen atoms in total. The maximum atomic E-state index is 4.89. The van der Waals surface area contributed by atoms with E-state index in [1.54, 1.807) is 0 Å². The van der Waals surface area contributed by atoms with E-state index in [-0.39, 0.29) is 0 Å². The second-order valence-corrected chi connectivity index (χ2v) is 7.95. The van der Waals surface area contributed by atoms with Crippen LogP contribution in [0, 0.1) is 13.8 Å². The van der Waals surface area contributed by atoms with Crippen molar-refractivity contribution < 1.29 is 0 Å². The van der Waals surface area contributed by atoms with Crippen LogP contribution in [0.1, 0.15) is 46.2 Å². The summed E-state index contributed by atoms with van der Waals surface area (Å²) in [5.74, 6) is 2.10. The van der Waals surface area contributed by atoms with Crippen LogP contribution in [0.2, 0.25) is 0 Å². The summed E-state index contributed by atoms with van der Waals surface area (Å²) in [6.45, 7) is 4.25. The molecular formula is C24H25N3. The Morgan fingerprint density at radius 2 is 1.37 bits per heavy atom. The lowest BCUT2D eigenvalue weighted by Crippen LogP contribution is -2.18. The molecule has 0 amide bonds. The van der Waals surface area contributed by atoms with Gasteiger partial charge in [0, 0.05) is 12.4 Å². The summed E-state index contributed by atoms with van der Waals surface area (Å²) in [7, 11) is 0. The van der Waals surface area contributed by atoms with Gasteiger partial charge in [-0.05, 0) is 91.8 Å². The molecule has 1 aliphatic heterocycles. The average Bonchev–Trinajstić information content (AvgIpc) is 2.84. The molecule has 2 aliphatic rings. The van der Waals surface area contributed by atoms with E-state index in [9.17, 15) is 0 Å². The molecule has 0 bridgehead atoms. The van der Waals surface area contributed by atoms with Crippen molar-refractivity contribution in [3.05, 3.63) is 76.1 Å². The number of hydrogen-bond acceptors (Lipinski definition) is 3. The summed E-state index contributed by atoms with van der Waals surface area (Å²) in [6.07, 6.45) is 10.9. The van der Waals surface area contributed by atoms with E-state index in [0.29, 0.717) is 0 Å². The second-order valence-electron chi connectivity index (χ2n) is 7.95. The van der Waals surface area contributed by atoms with Crippen molar-refractivity contribution in [2.24, 2.45) is 0 Å². The Labute approximate surface area is 161 Å². The van der Waals surface area contributed by atoms with Crippen molar-refractivity contribution in [3.8, 4) is 0 Å². The predicted molar refractivity (Wildman–Crippen MR) is 110 cm³/mol. The standard InChI is InChI=1S/C24H25N3/c1-16-12-19-10-11-20-13-17(2)15-26-24(20)27(23(19)25-14-16)22-9-5-7-18-6-3-4-8-21(18)22/h5,7,9,12-15H,3-4,6,8,10-11H2,1-2H3. The monoisotopic (exact) mass is 355 g/mol. The first-order chi connectivity index (χ1) is 13.2. The van der Waals surface area contributed by atoms with E-state index in [1.165, 1.54) is 58.3 Å². The van der Waals surface area contributed by atoms with Gasteiger partial charge in [-0.3, -0.25) is 4.90 Å². The number of rotatable bonds is 1. The molecule has 0 radical (unpaired) electrons. The summed E-state index contributed by atoms with van der Waals surface area (Å²) in [4.78, 5) is 12.1. The fourth-order valence-electron chi connectivity index (χ4n) is 4.58. The normalized spacial score (nSPS) is 15.6. The second kappa shape index (κ2) is 6.49. The van der Waals surface area contributed by atoms with E-state index in [4.69, 9.17) is 9.97 Å². The SMILES string of the molecule is Cc1cnc2c(c1)CCc1cc(C)cnc1N2c1cccc2c1CCCC2. The lowest BCUT2D eigenvalue weighted by Gasteiger charge is -2.29. The first-order valence-electron chi connectivity index (χ1n) is 10.0. The van der Waals surface area contributed by atoms with Crippen molar-refractivity contribution >= 4 is 17.3 Å². The maximum Gasteiger partial charge on any atom is 0.141 e. The molecule has 0 N–H and O–H groups in total. The van der Waals surface area contributed by atoms with Gasteiger partial charge >= 0.3 is 0 Å². The molecule has 2 aromatic heterocycles. The highest BCUT2D eigenvalue weighted by atomic mass is 15.2. The third kappa shape index (κ3) is 2.82. The lowest BCUT2D eigenvalue weighted by atomic mass is 9.90. The maximum absolute atomic E-state index is 4.89. The summed E-state index contributed by atoms with van der Waals surface area (Å²) < 4.78 is 0. The molecule has 27 heavy (non-hydrogen) atoms. The molecule has 3 aromatic rings. The van der Waals surface area contributed by atoms with Crippen LogP contribution in [0.3, 0.4) is 0 Å². The highest BCUT2D eigenvalue weighted by molar-refractivity contribution is 5.79. The van der Waals surface area contributed by atoms with Crippen molar-refractivity contribution in [2.75, 3.05) is 4.90 Å². The Bertz CT molecular complexity index is 969. The molecular weight excluding hydrogens is 330 g/mol. The molecule has 136 valence electrons. The number of aromatic nitrogens is 2. The number of benzene rings is 1. The molecule has 1 aliphatic carbocycles. The molecule has 1 aromatic carbocycles. The Hall–Kier alpha value is -2.68. The third-order valence-electron chi connectivity index (χ3n) is 5.86. The zero-order valence-electron chi connectivity index (χ0n) is 16.1. The topological polar surface area (TPSA) is 29.0 Å². The van der Waals surface area contributed by atoms with Gasteiger partial charge in [-0.1, -0.05) is 24.3 Å². The van der Waals surface area contributed by atoms with Crippen molar-refractivity contribution in [1.29, 1.82) is 0 Å². The number of anilines is 3. The first kappa shape index (κ1) is 16.5. The summed E-state index contributed by atoms with van der Waals surface area (Å²) >= 11 is 0. The number of pyridine rings is 2. The van der Waals surface area contributed by atoms with Crippen molar-refractivity contribution in [3.63, 3.8) is 0 Å². The number of aryl methyl sites for hydroxylation is 5. The third-order valence-corrected chi connectivity index (χ3v) is 5.86. The van der Waals surface area contributed by atoms with E-state index in [0.717, 1.165) is 30.9 Å². The van der Waals surface area contributed by atoms with Crippen LogP contribution in [-0.2, 0) is 25.7 Å². The van der Waals surface area contributed by atoms with Gasteiger partial charge in [0.1, 0.15) is 11.6 Å². The van der Waals surface area contributed by atoms with Gasteiger partial charge < -0.3 is 0 Å². The van der Waals surface area contributed by atoms with Gasteiger partial charge in [0.15, 0.2) is 0 Å². The minimum atomic E-state index is 1.01. The van der Waals surface area contributed by atoms with Crippen molar-refractivity contribution in [2.45, 2.75) is 52.4 Å². The highest BCUT2D eigenvalue weighted by Gasteiger charge is 2.27. The minimum Gasteiger partial charge on any atom is -0.278 e. The fourth-order valence-corrected chi connectivity index (χ4v) is 4.58. The van der Waals surface area contributed by atoms with E-state index < -0.39 is 0 Å². The molecule has 0 spiro atoms. The van der Waals surface area contributed by atoms with Crippen LogP contribution in [0.5, 0.6) is 0 Å². The lowest BCUT2D eigenvalue weighted by molar-refractivity contribution is 0.685. The quantitative estimate of drug-likeness (QED) is 0.574. The van der Waals surface area contributed by atoms with Crippen LogP contribution in [0.4, 0.5) is 17.3 Å². The largest absolute Gasteiger partial charge is 0.278 e. The van der Waals surface area contributed by atoms with E-state index in [1.807, 2.05) is 12.4 Å². The van der Waals surface area contributed by atoms with Gasteiger partial charge in [-0.15, -0.1) is 0 Å². The Morgan fingerprint density at radius 3 is 2.04 bits per heavy atom. The fraction of sp³-hybridized carbons (Fsp3) is 0.333. The van der Waals surface area contributed by atoms with Crippen LogP contribution < -0.4 is 4.90 Å². The van der Waals surface area contributed by atoms with E-state index in [2.05, 4.69) is 49.1 Å². The zero-order chi connectivity index (χ0) is 18.4. The van der Waals surface area contributed by atoms with Crippen molar-refractivity contribution in [1.82, 2.24) is 9.97 Å². The van der Waals surface area contributed by atoms with Gasteiger partial charge in [-0.2, -0.15) is 0 Å². The summed E-state index contributed by atoms with van der Waals surface area (Å²) in [5, 5.41) is 0. The summed E-state index contributed by atoms with van der Waals surface area (Å²) in [5.41, 5.74) is 9.32. The van der Waals surface area contributed by atoms with Gasteiger partial charge in [0.25, 0.3) is 0 Å². The molecule has 5 rings (SSSR count). The molecule has 0 saturated heterocycles.